The molecule has 4 nitrogen and oxygen atoms in total. The molecule has 164 valence electrons. The number of carbonyl (C=O) groups is 2. The predicted molar refractivity (Wildman–Crippen MR) is 124 cm³/mol. The van der Waals surface area contributed by atoms with Crippen LogP contribution in [0.1, 0.15) is 68.3 Å². The number of aryl methyl sites for hydroxylation is 1. The third kappa shape index (κ3) is 3.71. The molecule has 1 N–H and O–H groups in total. The molecule has 0 unspecified atom stereocenters. The van der Waals surface area contributed by atoms with Gasteiger partial charge in [-0.25, -0.2) is 4.79 Å². The normalized spacial score (nSPS) is 28.5. The van der Waals surface area contributed by atoms with Gasteiger partial charge in [0.05, 0.1) is 12.0 Å². The number of hydrogen-bond acceptors (Lipinski definition) is 4. The molecular formula is C26H31NO3S. The van der Waals surface area contributed by atoms with E-state index in [0.717, 1.165) is 36.8 Å². The Bertz CT molecular complexity index is 955. The molecule has 4 fully saturated rings. The van der Waals surface area contributed by atoms with Gasteiger partial charge in [-0.2, -0.15) is 0 Å². The van der Waals surface area contributed by atoms with Gasteiger partial charge in [0.1, 0.15) is 10.6 Å². The van der Waals surface area contributed by atoms with Gasteiger partial charge >= 0.3 is 5.97 Å². The van der Waals surface area contributed by atoms with Crippen LogP contribution >= 0.6 is 11.3 Å². The average Bonchev–Trinajstić information content (AvgIpc) is 3.16. The molecule has 4 aliphatic rings. The molecule has 0 radical (unpaired) electrons. The van der Waals surface area contributed by atoms with Crippen LogP contribution in [0.2, 0.25) is 0 Å². The van der Waals surface area contributed by atoms with Gasteiger partial charge in [-0.3, -0.25) is 4.79 Å². The molecule has 4 bridgehead atoms. The first-order valence-electron chi connectivity index (χ1n) is 11.7. The molecule has 31 heavy (non-hydrogen) atoms. The first-order chi connectivity index (χ1) is 15.0. The number of ether oxygens (including phenoxy) is 1. The van der Waals surface area contributed by atoms with Crippen molar-refractivity contribution in [3.05, 3.63) is 40.8 Å². The van der Waals surface area contributed by atoms with Crippen molar-refractivity contribution in [2.45, 2.75) is 58.8 Å². The van der Waals surface area contributed by atoms with Crippen molar-refractivity contribution in [2.24, 2.45) is 23.2 Å². The summed E-state index contributed by atoms with van der Waals surface area (Å²) in [6.45, 7) is 4.25. The number of anilines is 1. The number of thiophene rings is 1. The van der Waals surface area contributed by atoms with Crippen LogP contribution in [-0.2, 0) is 16.0 Å². The maximum Gasteiger partial charge on any atom is 0.341 e. The number of amides is 1. The Kier molecular flexibility index (Phi) is 5.41. The Hall–Kier alpha value is -2.14. The second-order valence-corrected chi connectivity index (χ2v) is 10.7. The molecule has 0 aliphatic heterocycles. The molecule has 4 saturated carbocycles. The van der Waals surface area contributed by atoms with E-state index in [-0.39, 0.29) is 17.3 Å². The van der Waals surface area contributed by atoms with Crippen LogP contribution in [0.15, 0.2) is 29.6 Å². The highest BCUT2D eigenvalue weighted by atomic mass is 32.1. The van der Waals surface area contributed by atoms with Gasteiger partial charge < -0.3 is 10.1 Å². The summed E-state index contributed by atoms with van der Waals surface area (Å²) < 4.78 is 5.38. The van der Waals surface area contributed by atoms with Crippen molar-refractivity contribution in [2.75, 3.05) is 11.9 Å². The summed E-state index contributed by atoms with van der Waals surface area (Å²) in [5.41, 5.74) is 3.33. The molecule has 1 heterocycles. The van der Waals surface area contributed by atoms with E-state index in [1.165, 1.54) is 36.2 Å². The summed E-state index contributed by atoms with van der Waals surface area (Å²) in [4.78, 5) is 26.5. The standard InChI is InChI=1S/C26H31NO3S/c1-3-16-5-7-20(8-6-16)21-15-31-23(22(21)24(28)30-4-2)27-25(29)26-12-17-9-18(13-26)11-19(10-17)14-26/h5-8,15,17-19H,3-4,9-14H2,1-2H3,(H,27,29). The zero-order valence-corrected chi connectivity index (χ0v) is 19.2. The van der Waals surface area contributed by atoms with Gasteiger partial charge in [-0.15, -0.1) is 11.3 Å². The largest absolute Gasteiger partial charge is 0.462 e. The Morgan fingerprint density at radius 1 is 1.03 bits per heavy atom. The Morgan fingerprint density at radius 3 is 2.19 bits per heavy atom. The van der Waals surface area contributed by atoms with E-state index in [0.29, 0.717) is 34.9 Å². The SMILES string of the molecule is CCOC(=O)c1c(-c2ccc(CC)cc2)csc1NC(=O)C12CC3CC(CC(C3)C1)C2. The van der Waals surface area contributed by atoms with Crippen molar-refractivity contribution in [1.29, 1.82) is 0 Å². The number of benzene rings is 1. The van der Waals surface area contributed by atoms with Crippen molar-refractivity contribution in [3.63, 3.8) is 0 Å². The lowest BCUT2D eigenvalue weighted by Crippen LogP contribution is -2.51. The molecule has 1 amide bonds. The third-order valence-electron chi connectivity index (χ3n) is 7.69. The van der Waals surface area contributed by atoms with Crippen LogP contribution in [0.25, 0.3) is 11.1 Å². The average molecular weight is 438 g/mol. The van der Waals surface area contributed by atoms with Crippen molar-refractivity contribution >= 4 is 28.2 Å². The van der Waals surface area contributed by atoms with Crippen molar-refractivity contribution in [3.8, 4) is 11.1 Å². The molecule has 1 aromatic heterocycles. The highest BCUT2D eigenvalue weighted by Gasteiger charge is 2.54. The quantitative estimate of drug-likeness (QED) is 0.539. The number of carbonyl (C=O) groups excluding carboxylic acids is 2. The number of hydrogen-bond donors (Lipinski definition) is 1. The maximum atomic E-state index is 13.6. The van der Waals surface area contributed by atoms with E-state index in [2.05, 4.69) is 24.4 Å². The van der Waals surface area contributed by atoms with E-state index in [9.17, 15) is 9.59 Å². The van der Waals surface area contributed by atoms with Gasteiger partial charge in [0.25, 0.3) is 0 Å². The van der Waals surface area contributed by atoms with Crippen molar-refractivity contribution < 1.29 is 14.3 Å². The molecule has 2 aromatic rings. The Morgan fingerprint density at radius 2 is 1.65 bits per heavy atom. The summed E-state index contributed by atoms with van der Waals surface area (Å²) in [6, 6.07) is 8.29. The second kappa shape index (κ2) is 8.09. The zero-order chi connectivity index (χ0) is 21.6. The summed E-state index contributed by atoms with van der Waals surface area (Å²) in [5, 5.41) is 5.81. The van der Waals surface area contributed by atoms with Gasteiger partial charge in [-0.1, -0.05) is 31.2 Å². The summed E-state index contributed by atoms with van der Waals surface area (Å²) in [7, 11) is 0. The van der Waals surface area contributed by atoms with E-state index in [4.69, 9.17) is 4.74 Å². The highest BCUT2D eigenvalue weighted by Crippen LogP contribution is 2.60. The first kappa shape index (κ1) is 20.7. The van der Waals surface area contributed by atoms with E-state index in [1.54, 1.807) is 0 Å². The van der Waals surface area contributed by atoms with Crippen LogP contribution in [0, 0.1) is 23.2 Å². The molecule has 6 rings (SSSR count). The Labute approximate surface area is 188 Å². The van der Waals surface area contributed by atoms with E-state index < -0.39 is 0 Å². The first-order valence-corrected chi connectivity index (χ1v) is 12.6. The monoisotopic (exact) mass is 437 g/mol. The smallest absolute Gasteiger partial charge is 0.341 e. The highest BCUT2D eigenvalue weighted by molar-refractivity contribution is 7.15. The lowest BCUT2D eigenvalue weighted by Gasteiger charge is -2.55. The fourth-order valence-electron chi connectivity index (χ4n) is 6.61. The maximum absolute atomic E-state index is 13.6. The predicted octanol–water partition coefficient (Wildman–Crippen LogP) is 6.31. The van der Waals surface area contributed by atoms with Gasteiger partial charge in [-0.05, 0) is 80.8 Å². The third-order valence-corrected chi connectivity index (χ3v) is 8.59. The lowest BCUT2D eigenvalue weighted by molar-refractivity contribution is -0.140. The van der Waals surface area contributed by atoms with Gasteiger partial charge in [0.2, 0.25) is 5.91 Å². The van der Waals surface area contributed by atoms with Crippen LogP contribution < -0.4 is 5.32 Å². The second-order valence-electron chi connectivity index (χ2n) is 9.78. The lowest BCUT2D eigenvalue weighted by atomic mass is 9.49. The van der Waals surface area contributed by atoms with Crippen LogP contribution in [0.5, 0.6) is 0 Å². The number of nitrogens with one attached hydrogen (secondary N) is 1. The number of esters is 1. The van der Waals surface area contributed by atoms with Gasteiger partial charge in [0.15, 0.2) is 0 Å². The molecule has 5 heteroatoms. The molecule has 0 spiro atoms. The molecular weight excluding hydrogens is 406 g/mol. The fourth-order valence-corrected chi connectivity index (χ4v) is 7.57. The molecule has 4 aliphatic carbocycles. The van der Waals surface area contributed by atoms with Crippen LogP contribution in [0.3, 0.4) is 0 Å². The van der Waals surface area contributed by atoms with Crippen molar-refractivity contribution in [1.82, 2.24) is 0 Å². The van der Waals surface area contributed by atoms with Gasteiger partial charge in [0, 0.05) is 10.9 Å². The summed E-state index contributed by atoms with van der Waals surface area (Å²) >= 11 is 1.43. The van der Waals surface area contributed by atoms with E-state index >= 15 is 0 Å². The van der Waals surface area contributed by atoms with Crippen LogP contribution in [0.4, 0.5) is 5.00 Å². The van der Waals surface area contributed by atoms with Crippen LogP contribution in [-0.4, -0.2) is 18.5 Å². The molecule has 1 aromatic carbocycles. The topological polar surface area (TPSA) is 55.4 Å². The minimum Gasteiger partial charge on any atom is -0.462 e. The fraction of sp³-hybridized carbons (Fsp3) is 0.538. The Balaban J connectivity index is 1.45. The van der Waals surface area contributed by atoms with E-state index in [1.807, 2.05) is 24.4 Å². The summed E-state index contributed by atoms with van der Waals surface area (Å²) in [5.74, 6) is 1.87. The minimum absolute atomic E-state index is 0.117. The molecule has 0 atom stereocenters. The minimum atomic E-state index is -0.362. The zero-order valence-electron chi connectivity index (χ0n) is 18.4. The molecule has 0 saturated heterocycles. The summed E-state index contributed by atoms with van der Waals surface area (Å²) in [6.07, 6.45) is 7.91. The number of rotatable bonds is 6.